The quantitative estimate of drug-likeness (QED) is 0.846. The number of nitrogens with zero attached hydrogens (tertiary/aromatic N) is 5. The minimum atomic E-state index is 0.388. The second kappa shape index (κ2) is 6.58. The fraction of sp³-hybridized carbons (Fsp3) is 0.467. The first-order valence-electron chi connectivity index (χ1n) is 7.19. The molecule has 2 aromatic heterocycles. The van der Waals surface area contributed by atoms with Crippen LogP contribution in [0.3, 0.4) is 0 Å². The fourth-order valence-electron chi connectivity index (χ4n) is 2.56. The van der Waals surface area contributed by atoms with Crippen LogP contribution in [0, 0.1) is 12.8 Å². The van der Waals surface area contributed by atoms with Gasteiger partial charge in [0.05, 0.1) is 18.9 Å². The molecule has 0 saturated carbocycles. The van der Waals surface area contributed by atoms with E-state index in [0.717, 1.165) is 49.9 Å². The van der Waals surface area contributed by atoms with Gasteiger partial charge < -0.3 is 9.64 Å². The number of aromatic nitrogens is 4. The van der Waals surface area contributed by atoms with Gasteiger partial charge in [-0.15, -0.1) is 0 Å². The average molecular weight is 285 g/mol. The molecular formula is C15H19N5O. The van der Waals surface area contributed by atoms with Crippen LogP contribution < -0.4 is 4.90 Å². The molecule has 1 saturated heterocycles. The van der Waals surface area contributed by atoms with Crippen molar-refractivity contribution in [1.29, 1.82) is 0 Å². The highest BCUT2D eigenvalue weighted by Gasteiger charge is 2.20. The van der Waals surface area contributed by atoms with E-state index < -0.39 is 0 Å². The lowest BCUT2D eigenvalue weighted by molar-refractivity contribution is 0.123. The summed E-state index contributed by atoms with van der Waals surface area (Å²) in [5, 5.41) is 8.10. The molecule has 1 fully saturated rings. The van der Waals surface area contributed by atoms with Gasteiger partial charge >= 0.3 is 0 Å². The van der Waals surface area contributed by atoms with Crippen molar-refractivity contribution >= 4 is 5.82 Å². The molecule has 6 heteroatoms. The number of ether oxygens (including phenoxy) is 1. The molecule has 1 atom stereocenters. The molecule has 21 heavy (non-hydrogen) atoms. The molecule has 0 radical (unpaired) electrons. The van der Waals surface area contributed by atoms with E-state index in [1.165, 1.54) is 0 Å². The van der Waals surface area contributed by atoms with Gasteiger partial charge in [0.1, 0.15) is 12.1 Å². The van der Waals surface area contributed by atoms with Gasteiger partial charge in [0.15, 0.2) is 0 Å². The molecule has 3 heterocycles. The molecule has 1 aliphatic heterocycles. The van der Waals surface area contributed by atoms with Crippen molar-refractivity contribution in [1.82, 2.24) is 20.2 Å². The van der Waals surface area contributed by atoms with Crippen LogP contribution in [0.1, 0.15) is 11.4 Å². The van der Waals surface area contributed by atoms with Crippen molar-refractivity contribution in [2.45, 2.75) is 13.3 Å². The predicted octanol–water partition coefficient (Wildman–Crippen LogP) is 1.27. The van der Waals surface area contributed by atoms with Crippen LogP contribution in [-0.2, 0) is 11.2 Å². The maximum atomic E-state index is 5.73. The van der Waals surface area contributed by atoms with E-state index in [4.69, 9.17) is 4.74 Å². The lowest BCUT2D eigenvalue weighted by Gasteiger charge is -2.24. The molecule has 3 rings (SSSR count). The van der Waals surface area contributed by atoms with Crippen molar-refractivity contribution in [3.63, 3.8) is 0 Å². The summed E-state index contributed by atoms with van der Waals surface area (Å²) in [5.41, 5.74) is 1.99. The van der Waals surface area contributed by atoms with E-state index in [1.807, 2.05) is 25.1 Å². The molecule has 110 valence electrons. The van der Waals surface area contributed by atoms with Crippen LogP contribution in [0.25, 0.3) is 0 Å². The van der Waals surface area contributed by atoms with Crippen molar-refractivity contribution < 1.29 is 4.74 Å². The summed E-state index contributed by atoms with van der Waals surface area (Å²) in [6, 6.07) is 5.95. The number of hydrogen-bond acceptors (Lipinski definition) is 6. The second-order valence-corrected chi connectivity index (χ2v) is 5.32. The topological polar surface area (TPSA) is 64.0 Å². The Morgan fingerprint density at radius 1 is 1.38 bits per heavy atom. The summed E-state index contributed by atoms with van der Waals surface area (Å²) in [7, 11) is 0. The highest BCUT2D eigenvalue weighted by atomic mass is 16.5. The molecule has 1 unspecified atom stereocenters. The number of aryl methyl sites for hydroxylation is 1. The van der Waals surface area contributed by atoms with Crippen LogP contribution in [-0.4, -0.2) is 46.5 Å². The van der Waals surface area contributed by atoms with Crippen LogP contribution in [0.5, 0.6) is 0 Å². The third kappa shape index (κ3) is 3.72. The van der Waals surface area contributed by atoms with Crippen molar-refractivity contribution in [2.75, 3.05) is 31.2 Å². The summed E-state index contributed by atoms with van der Waals surface area (Å²) in [4.78, 5) is 10.8. The molecule has 0 aliphatic carbocycles. The smallest absolute Gasteiger partial charge is 0.132 e. The average Bonchev–Trinajstić information content (AvgIpc) is 2.74. The molecular weight excluding hydrogens is 266 g/mol. The Morgan fingerprint density at radius 2 is 2.33 bits per heavy atom. The van der Waals surface area contributed by atoms with Gasteiger partial charge in [0.25, 0.3) is 0 Å². The second-order valence-electron chi connectivity index (χ2n) is 5.32. The number of hydrogen-bond donors (Lipinski definition) is 0. The zero-order valence-corrected chi connectivity index (χ0v) is 12.1. The summed E-state index contributed by atoms with van der Waals surface area (Å²) >= 11 is 0. The van der Waals surface area contributed by atoms with Crippen LogP contribution in [0.15, 0.2) is 30.7 Å². The normalized spacial score (nSPS) is 19.3. The predicted molar refractivity (Wildman–Crippen MR) is 79.0 cm³/mol. The molecule has 0 amide bonds. The number of rotatable bonds is 3. The monoisotopic (exact) mass is 285 g/mol. The van der Waals surface area contributed by atoms with Crippen molar-refractivity contribution in [2.24, 2.45) is 5.92 Å². The largest absolute Gasteiger partial charge is 0.379 e. The van der Waals surface area contributed by atoms with Crippen LogP contribution in [0.2, 0.25) is 0 Å². The van der Waals surface area contributed by atoms with Gasteiger partial charge in [-0.3, -0.25) is 0 Å². The molecule has 0 bridgehead atoms. The molecule has 0 aromatic carbocycles. The Hall–Kier alpha value is -2.08. The van der Waals surface area contributed by atoms with E-state index in [0.29, 0.717) is 5.92 Å². The molecule has 6 nitrogen and oxygen atoms in total. The standard InChI is InChI=1S/C15H19N5O/c1-12-7-15(17-11-16-12)20-5-6-21-10-13(9-20)8-14-3-2-4-18-19-14/h2-4,7,11,13H,5-6,8-10H2,1H3. The Bertz CT molecular complexity index is 577. The highest BCUT2D eigenvalue weighted by Crippen LogP contribution is 2.17. The molecule has 1 aliphatic rings. The lowest BCUT2D eigenvalue weighted by atomic mass is 10.0. The number of anilines is 1. The third-order valence-corrected chi connectivity index (χ3v) is 3.58. The first-order chi connectivity index (χ1) is 10.3. The Labute approximate surface area is 124 Å². The third-order valence-electron chi connectivity index (χ3n) is 3.58. The van der Waals surface area contributed by atoms with Gasteiger partial charge in [-0.1, -0.05) is 0 Å². The zero-order chi connectivity index (χ0) is 14.5. The maximum Gasteiger partial charge on any atom is 0.132 e. The summed E-state index contributed by atoms with van der Waals surface area (Å²) in [5.74, 6) is 1.36. The van der Waals surface area contributed by atoms with Crippen LogP contribution >= 0.6 is 0 Å². The van der Waals surface area contributed by atoms with E-state index in [9.17, 15) is 0 Å². The van der Waals surface area contributed by atoms with E-state index in [2.05, 4.69) is 25.1 Å². The lowest BCUT2D eigenvalue weighted by Crippen LogP contribution is -2.31. The van der Waals surface area contributed by atoms with Gasteiger partial charge in [-0.05, 0) is 25.5 Å². The first kappa shape index (κ1) is 13.9. The molecule has 0 N–H and O–H groups in total. The van der Waals surface area contributed by atoms with Gasteiger partial charge in [-0.2, -0.15) is 10.2 Å². The molecule has 0 spiro atoms. The van der Waals surface area contributed by atoms with E-state index in [-0.39, 0.29) is 0 Å². The maximum absolute atomic E-state index is 5.73. The zero-order valence-electron chi connectivity index (χ0n) is 12.1. The summed E-state index contributed by atoms with van der Waals surface area (Å²) in [6.45, 7) is 5.22. The van der Waals surface area contributed by atoms with Crippen molar-refractivity contribution in [3.05, 3.63) is 42.1 Å². The molecule has 2 aromatic rings. The Morgan fingerprint density at radius 3 is 3.14 bits per heavy atom. The first-order valence-corrected chi connectivity index (χ1v) is 7.19. The van der Waals surface area contributed by atoms with Gasteiger partial charge in [0.2, 0.25) is 0 Å². The SMILES string of the molecule is Cc1cc(N2CCOCC(Cc3cccnn3)C2)ncn1. The summed E-state index contributed by atoms with van der Waals surface area (Å²) in [6.07, 6.45) is 4.19. The summed E-state index contributed by atoms with van der Waals surface area (Å²) < 4.78 is 5.73. The van der Waals surface area contributed by atoms with Gasteiger partial charge in [0, 0.05) is 37.0 Å². The van der Waals surface area contributed by atoms with E-state index in [1.54, 1.807) is 12.5 Å². The van der Waals surface area contributed by atoms with E-state index >= 15 is 0 Å². The highest BCUT2D eigenvalue weighted by molar-refractivity contribution is 5.38. The van der Waals surface area contributed by atoms with Gasteiger partial charge in [-0.25, -0.2) is 9.97 Å². The fourth-order valence-corrected chi connectivity index (χ4v) is 2.56. The Kier molecular flexibility index (Phi) is 4.35. The minimum Gasteiger partial charge on any atom is -0.379 e. The Balaban J connectivity index is 1.71. The minimum absolute atomic E-state index is 0.388. The van der Waals surface area contributed by atoms with Crippen molar-refractivity contribution in [3.8, 4) is 0 Å². The van der Waals surface area contributed by atoms with Crippen LogP contribution in [0.4, 0.5) is 5.82 Å².